The molecular formula is C25H28N2. The van der Waals surface area contributed by atoms with Crippen molar-refractivity contribution >= 4 is 21.8 Å². The van der Waals surface area contributed by atoms with Gasteiger partial charge in [-0.3, -0.25) is 0 Å². The first-order valence-electron chi connectivity index (χ1n) is 10.1. The first-order chi connectivity index (χ1) is 13.3. The molecule has 2 nitrogen and oxygen atoms in total. The van der Waals surface area contributed by atoms with Crippen molar-refractivity contribution in [2.24, 2.45) is 0 Å². The molecule has 138 valence electrons. The molecule has 4 rings (SSSR count). The Hall–Kier alpha value is -2.58. The Bertz CT molecular complexity index is 1030. The molecule has 0 aliphatic heterocycles. The molecule has 0 aliphatic carbocycles. The van der Waals surface area contributed by atoms with Crippen LogP contribution in [0.3, 0.4) is 0 Å². The van der Waals surface area contributed by atoms with Crippen LogP contribution in [0.2, 0.25) is 0 Å². The van der Waals surface area contributed by atoms with Gasteiger partial charge in [-0.25, -0.2) is 0 Å². The van der Waals surface area contributed by atoms with Gasteiger partial charge in [0.15, 0.2) is 0 Å². The van der Waals surface area contributed by atoms with E-state index in [0.717, 1.165) is 19.5 Å². The predicted molar refractivity (Wildman–Crippen MR) is 116 cm³/mol. The second-order valence-electron chi connectivity index (χ2n) is 7.25. The Morgan fingerprint density at radius 3 is 2.33 bits per heavy atom. The van der Waals surface area contributed by atoms with Gasteiger partial charge in [-0.05, 0) is 42.7 Å². The fourth-order valence-corrected chi connectivity index (χ4v) is 4.15. The molecule has 0 aliphatic rings. The highest BCUT2D eigenvalue weighted by Gasteiger charge is 2.12. The minimum absolute atomic E-state index is 0.406. The van der Waals surface area contributed by atoms with Crippen LogP contribution in [0.1, 0.15) is 43.9 Å². The van der Waals surface area contributed by atoms with Gasteiger partial charge in [-0.15, -0.1) is 0 Å². The van der Waals surface area contributed by atoms with Crippen LogP contribution in [0, 0.1) is 0 Å². The van der Waals surface area contributed by atoms with Crippen molar-refractivity contribution in [3.8, 4) is 0 Å². The van der Waals surface area contributed by atoms with Gasteiger partial charge in [0.2, 0.25) is 0 Å². The van der Waals surface area contributed by atoms with Gasteiger partial charge in [-0.2, -0.15) is 0 Å². The zero-order chi connectivity index (χ0) is 18.6. The summed E-state index contributed by atoms with van der Waals surface area (Å²) in [6, 6.07) is 26.9. The van der Waals surface area contributed by atoms with Crippen LogP contribution in [0.15, 0.2) is 72.8 Å². The lowest BCUT2D eigenvalue weighted by atomic mass is 10.0. The highest BCUT2D eigenvalue weighted by molar-refractivity contribution is 6.08. The normalized spacial score (nSPS) is 12.7. The summed E-state index contributed by atoms with van der Waals surface area (Å²) in [7, 11) is 0. The lowest BCUT2D eigenvalue weighted by Gasteiger charge is -2.19. The smallest absolute Gasteiger partial charge is 0.0491 e. The fraction of sp³-hybridized carbons (Fsp3) is 0.280. The third-order valence-electron chi connectivity index (χ3n) is 5.48. The van der Waals surface area contributed by atoms with Gasteiger partial charge in [0.25, 0.3) is 0 Å². The van der Waals surface area contributed by atoms with Gasteiger partial charge in [-0.1, -0.05) is 67.9 Å². The molecule has 0 amide bonds. The van der Waals surface area contributed by atoms with Gasteiger partial charge in [0.05, 0.1) is 0 Å². The molecule has 3 aromatic carbocycles. The number of nitrogens with zero attached hydrogens (tertiary/aromatic N) is 1. The van der Waals surface area contributed by atoms with E-state index in [1.54, 1.807) is 0 Å². The minimum Gasteiger partial charge on any atom is -0.341 e. The van der Waals surface area contributed by atoms with Crippen molar-refractivity contribution in [3.05, 3.63) is 83.9 Å². The van der Waals surface area contributed by atoms with Gasteiger partial charge in [0, 0.05) is 40.9 Å². The van der Waals surface area contributed by atoms with E-state index in [1.807, 2.05) is 0 Å². The molecule has 1 atom stereocenters. The molecule has 2 heteroatoms. The van der Waals surface area contributed by atoms with Crippen molar-refractivity contribution in [3.63, 3.8) is 0 Å². The van der Waals surface area contributed by atoms with Crippen LogP contribution in [-0.4, -0.2) is 4.57 Å². The summed E-state index contributed by atoms with van der Waals surface area (Å²) in [5.41, 5.74) is 5.38. The molecule has 1 aromatic heterocycles. The van der Waals surface area contributed by atoms with Crippen LogP contribution in [0.4, 0.5) is 0 Å². The Kier molecular flexibility index (Phi) is 5.26. The molecule has 1 heterocycles. The summed E-state index contributed by atoms with van der Waals surface area (Å²) >= 11 is 0. The number of hydrogen-bond donors (Lipinski definition) is 1. The van der Waals surface area contributed by atoms with E-state index in [0.29, 0.717) is 6.04 Å². The average Bonchev–Trinajstić information content (AvgIpc) is 3.05. The molecule has 0 bridgehead atoms. The standard InChI is InChI=1S/C25H28N2/c1-3-10-23(20-11-6-5-7-12-20)26-18-19-15-16-25-22(17-19)21-13-8-9-14-24(21)27(25)4-2/h5-9,11-17,23,26H,3-4,10,18H2,1-2H3. The van der Waals surface area contributed by atoms with E-state index in [4.69, 9.17) is 0 Å². The third kappa shape index (κ3) is 3.50. The quantitative estimate of drug-likeness (QED) is 0.403. The van der Waals surface area contributed by atoms with Crippen LogP contribution < -0.4 is 5.32 Å². The largest absolute Gasteiger partial charge is 0.341 e. The molecule has 4 aromatic rings. The number of aromatic nitrogens is 1. The second-order valence-corrected chi connectivity index (χ2v) is 7.25. The molecule has 27 heavy (non-hydrogen) atoms. The summed E-state index contributed by atoms with van der Waals surface area (Å²) in [5.74, 6) is 0. The topological polar surface area (TPSA) is 17.0 Å². The average molecular weight is 357 g/mol. The van der Waals surface area contributed by atoms with Gasteiger partial charge in [0.1, 0.15) is 0 Å². The number of hydrogen-bond acceptors (Lipinski definition) is 1. The molecule has 1 unspecified atom stereocenters. The van der Waals surface area contributed by atoms with Gasteiger partial charge >= 0.3 is 0 Å². The molecule has 0 saturated heterocycles. The monoisotopic (exact) mass is 356 g/mol. The minimum atomic E-state index is 0.406. The van der Waals surface area contributed by atoms with Gasteiger partial charge < -0.3 is 9.88 Å². The number of rotatable bonds is 7. The van der Waals surface area contributed by atoms with Crippen molar-refractivity contribution in [1.29, 1.82) is 0 Å². The summed E-state index contributed by atoms with van der Waals surface area (Å²) in [5, 5.41) is 6.49. The molecule has 0 fully saturated rings. The molecule has 0 radical (unpaired) electrons. The Labute approximate surface area is 161 Å². The van der Waals surface area contributed by atoms with Crippen molar-refractivity contribution in [1.82, 2.24) is 9.88 Å². The Morgan fingerprint density at radius 2 is 1.56 bits per heavy atom. The van der Waals surface area contributed by atoms with Crippen LogP contribution in [0.25, 0.3) is 21.8 Å². The van der Waals surface area contributed by atoms with E-state index in [-0.39, 0.29) is 0 Å². The summed E-state index contributed by atoms with van der Waals surface area (Å²) < 4.78 is 2.41. The van der Waals surface area contributed by atoms with Crippen LogP contribution >= 0.6 is 0 Å². The number of nitrogens with one attached hydrogen (secondary N) is 1. The molecule has 0 spiro atoms. The summed E-state index contributed by atoms with van der Waals surface area (Å²) in [4.78, 5) is 0. The number of para-hydroxylation sites is 1. The van der Waals surface area contributed by atoms with E-state index in [9.17, 15) is 0 Å². The highest BCUT2D eigenvalue weighted by Crippen LogP contribution is 2.30. The SMILES string of the molecule is CCCC(NCc1ccc2c(c1)c1ccccc1n2CC)c1ccccc1. The van der Waals surface area contributed by atoms with E-state index in [2.05, 4.69) is 96.5 Å². The first kappa shape index (κ1) is 17.8. The zero-order valence-corrected chi connectivity index (χ0v) is 16.3. The van der Waals surface area contributed by atoms with Crippen LogP contribution in [0.5, 0.6) is 0 Å². The Morgan fingerprint density at radius 1 is 0.815 bits per heavy atom. The lowest BCUT2D eigenvalue weighted by Crippen LogP contribution is -2.20. The van der Waals surface area contributed by atoms with Crippen molar-refractivity contribution in [2.45, 2.75) is 45.8 Å². The fourth-order valence-electron chi connectivity index (χ4n) is 4.15. The summed E-state index contributed by atoms with van der Waals surface area (Å²) in [6.45, 7) is 6.36. The third-order valence-corrected chi connectivity index (χ3v) is 5.48. The highest BCUT2D eigenvalue weighted by atomic mass is 15.0. The van der Waals surface area contributed by atoms with E-state index < -0.39 is 0 Å². The molecular weight excluding hydrogens is 328 g/mol. The Balaban J connectivity index is 1.63. The lowest BCUT2D eigenvalue weighted by molar-refractivity contribution is 0.494. The maximum atomic E-state index is 3.78. The maximum absolute atomic E-state index is 3.78. The number of aryl methyl sites for hydroxylation is 1. The van der Waals surface area contributed by atoms with Crippen LogP contribution in [-0.2, 0) is 13.1 Å². The van der Waals surface area contributed by atoms with E-state index in [1.165, 1.54) is 39.4 Å². The second kappa shape index (κ2) is 7.98. The molecule has 0 saturated carbocycles. The predicted octanol–water partition coefficient (Wildman–Crippen LogP) is 6.45. The number of benzene rings is 3. The van der Waals surface area contributed by atoms with Crippen molar-refractivity contribution < 1.29 is 0 Å². The first-order valence-corrected chi connectivity index (χ1v) is 10.1. The maximum Gasteiger partial charge on any atom is 0.0491 e. The van der Waals surface area contributed by atoms with E-state index >= 15 is 0 Å². The molecule has 1 N–H and O–H groups in total. The van der Waals surface area contributed by atoms with Crippen molar-refractivity contribution in [2.75, 3.05) is 0 Å². The number of fused-ring (bicyclic) bond motifs is 3. The summed E-state index contributed by atoms with van der Waals surface area (Å²) in [6.07, 6.45) is 2.33. The zero-order valence-electron chi connectivity index (χ0n) is 16.3.